The molecule has 0 fully saturated rings. The van der Waals surface area contributed by atoms with Crippen LogP contribution in [0.5, 0.6) is 0 Å². The highest BCUT2D eigenvalue weighted by Crippen LogP contribution is 2.37. The molecule has 152 valence electrons. The van der Waals surface area contributed by atoms with Crippen LogP contribution in [-0.2, 0) is 32.3 Å². The molecule has 0 amide bonds. The lowest BCUT2D eigenvalue weighted by molar-refractivity contribution is -0.148. The van der Waals surface area contributed by atoms with Crippen molar-refractivity contribution in [2.75, 3.05) is 23.7 Å². The number of nitrogens with zero attached hydrogens (tertiary/aromatic N) is 3. The summed E-state index contributed by atoms with van der Waals surface area (Å²) in [6.45, 7) is 1.80. The van der Waals surface area contributed by atoms with Gasteiger partial charge in [0, 0.05) is 5.56 Å². The number of alkyl halides is 3. The van der Waals surface area contributed by atoms with Gasteiger partial charge >= 0.3 is 12.1 Å². The van der Waals surface area contributed by atoms with Crippen LogP contribution >= 0.6 is 0 Å². The zero-order valence-corrected chi connectivity index (χ0v) is 15.9. The average Bonchev–Trinajstić information content (AvgIpc) is 3.03. The SMILES string of the molecule is CCOC(=O)C1CN(S(C)(=O)=O)c2c(-c3ccc(C(F)(F)F)cc3)cnn2C1. The lowest BCUT2D eigenvalue weighted by Crippen LogP contribution is -2.45. The fourth-order valence-electron chi connectivity index (χ4n) is 3.07. The predicted molar refractivity (Wildman–Crippen MR) is 95.0 cm³/mol. The lowest BCUT2D eigenvalue weighted by atomic mass is 10.0. The van der Waals surface area contributed by atoms with Gasteiger partial charge in [0.1, 0.15) is 5.82 Å². The summed E-state index contributed by atoms with van der Waals surface area (Å²) in [4.78, 5) is 12.1. The topological polar surface area (TPSA) is 81.5 Å². The second-order valence-electron chi connectivity index (χ2n) is 6.38. The van der Waals surface area contributed by atoms with Gasteiger partial charge in [0.15, 0.2) is 0 Å². The van der Waals surface area contributed by atoms with Crippen molar-refractivity contribution < 1.29 is 31.1 Å². The zero-order chi connectivity index (χ0) is 20.7. The number of carbonyl (C=O) groups excluding carboxylic acids is 1. The molecule has 11 heteroatoms. The summed E-state index contributed by atoms with van der Waals surface area (Å²) in [5.74, 6) is -1.06. The van der Waals surface area contributed by atoms with Gasteiger partial charge in [-0.2, -0.15) is 18.3 Å². The summed E-state index contributed by atoms with van der Waals surface area (Å²) in [5, 5.41) is 4.14. The van der Waals surface area contributed by atoms with Gasteiger partial charge in [0.2, 0.25) is 10.0 Å². The molecule has 0 saturated carbocycles. The maximum Gasteiger partial charge on any atom is 0.416 e. The minimum absolute atomic E-state index is 0.112. The molecule has 1 atom stereocenters. The molecule has 0 N–H and O–H groups in total. The number of anilines is 1. The third-order valence-electron chi connectivity index (χ3n) is 4.37. The van der Waals surface area contributed by atoms with Crippen molar-refractivity contribution in [3.8, 4) is 11.1 Å². The molecule has 0 spiro atoms. The van der Waals surface area contributed by atoms with Gasteiger partial charge in [-0.25, -0.2) is 13.1 Å². The monoisotopic (exact) mass is 417 g/mol. The molecule has 7 nitrogen and oxygen atoms in total. The molecule has 0 bridgehead atoms. The number of sulfonamides is 1. The van der Waals surface area contributed by atoms with Gasteiger partial charge < -0.3 is 4.74 Å². The Labute approximate surface area is 159 Å². The summed E-state index contributed by atoms with van der Waals surface area (Å²) < 4.78 is 70.4. The van der Waals surface area contributed by atoms with E-state index in [0.717, 1.165) is 22.7 Å². The molecule has 2 heterocycles. The number of carbonyl (C=O) groups is 1. The van der Waals surface area contributed by atoms with Gasteiger partial charge in [-0.1, -0.05) is 12.1 Å². The van der Waals surface area contributed by atoms with Gasteiger partial charge in [0.25, 0.3) is 0 Å². The Morgan fingerprint density at radius 2 is 1.89 bits per heavy atom. The van der Waals surface area contributed by atoms with Crippen LogP contribution in [0.4, 0.5) is 19.0 Å². The summed E-state index contributed by atoms with van der Waals surface area (Å²) in [6, 6.07) is 4.37. The van der Waals surface area contributed by atoms with Crippen LogP contribution in [0, 0.1) is 5.92 Å². The average molecular weight is 417 g/mol. The molecule has 0 radical (unpaired) electrons. The fourth-order valence-corrected chi connectivity index (χ4v) is 4.03. The van der Waals surface area contributed by atoms with E-state index < -0.39 is 33.7 Å². The summed E-state index contributed by atoms with van der Waals surface area (Å²) in [6.07, 6.45) is -2.10. The number of fused-ring (bicyclic) bond motifs is 1. The maximum absolute atomic E-state index is 12.8. The smallest absolute Gasteiger partial charge is 0.416 e. The first-order chi connectivity index (χ1) is 13.0. The minimum Gasteiger partial charge on any atom is -0.466 e. The van der Waals surface area contributed by atoms with E-state index >= 15 is 0 Å². The van der Waals surface area contributed by atoms with Crippen LogP contribution in [0.1, 0.15) is 12.5 Å². The number of benzene rings is 1. The van der Waals surface area contributed by atoms with Gasteiger partial charge in [-0.3, -0.25) is 9.10 Å². The van der Waals surface area contributed by atoms with Crippen LogP contribution in [0.25, 0.3) is 11.1 Å². The van der Waals surface area contributed by atoms with E-state index in [1.54, 1.807) is 6.92 Å². The molecule has 1 aromatic carbocycles. The molecule has 1 aliphatic rings. The highest BCUT2D eigenvalue weighted by atomic mass is 32.2. The Kier molecular flexibility index (Phi) is 5.13. The van der Waals surface area contributed by atoms with Crippen LogP contribution in [-0.4, -0.2) is 43.6 Å². The summed E-state index contributed by atoms with van der Waals surface area (Å²) in [7, 11) is -3.77. The summed E-state index contributed by atoms with van der Waals surface area (Å²) in [5.41, 5.74) is -0.0569. The molecule has 2 aromatic rings. The second-order valence-corrected chi connectivity index (χ2v) is 8.29. The molecule has 1 aromatic heterocycles. The molecule has 28 heavy (non-hydrogen) atoms. The molecule has 0 aliphatic carbocycles. The van der Waals surface area contributed by atoms with Crippen molar-refractivity contribution in [1.82, 2.24) is 9.78 Å². The predicted octanol–water partition coefficient (Wildman–Crippen LogP) is 2.53. The van der Waals surface area contributed by atoms with E-state index in [1.165, 1.54) is 23.0 Å². The van der Waals surface area contributed by atoms with Crippen molar-refractivity contribution >= 4 is 21.8 Å². The standard InChI is InChI=1S/C17H18F3N3O4S/c1-3-27-16(24)12-9-22-15(23(10-12)28(2,25)26)14(8-21-22)11-4-6-13(7-5-11)17(18,19)20/h4-8,12H,3,9-10H2,1-2H3. The molecule has 0 saturated heterocycles. The molecule has 3 rings (SSSR count). The van der Waals surface area contributed by atoms with Crippen LogP contribution in [0.15, 0.2) is 30.5 Å². The highest BCUT2D eigenvalue weighted by Gasteiger charge is 2.37. The molecule has 1 unspecified atom stereocenters. The third-order valence-corrected chi connectivity index (χ3v) is 5.49. The fraction of sp³-hybridized carbons (Fsp3) is 0.412. The normalized spacial score (nSPS) is 17.3. The number of rotatable bonds is 4. The Balaban J connectivity index is 2.04. The van der Waals surface area contributed by atoms with E-state index in [1.807, 2.05) is 0 Å². The van der Waals surface area contributed by atoms with E-state index in [4.69, 9.17) is 4.74 Å². The second kappa shape index (κ2) is 7.12. The van der Waals surface area contributed by atoms with E-state index in [9.17, 15) is 26.4 Å². The number of esters is 1. The van der Waals surface area contributed by atoms with Gasteiger partial charge in [0.05, 0.1) is 43.6 Å². The van der Waals surface area contributed by atoms with E-state index in [-0.39, 0.29) is 25.5 Å². The Morgan fingerprint density at radius 1 is 1.25 bits per heavy atom. The van der Waals surface area contributed by atoms with Crippen molar-refractivity contribution in [1.29, 1.82) is 0 Å². The van der Waals surface area contributed by atoms with Crippen molar-refractivity contribution in [2.24, 2.45) is 5.92 Å². The Bertz CT molecular complexity index is 984. The van der Waals surface area contributed by atoms with Gasteiger partial charge in [-0.15, -0.1) is 0 Å². The maximum atomic E-state index is 12.8. The highest BCUT2D eigenvalue weighted by molar-refractivity contribution is 7.92. The third kappa shape index (κ3) is 3.84. The van der Waals surface area contributed by atoms with Crippen molar-refractivity contribution in [3.05, 3.63) is 36.0 Å². The first-order valence-electron chi connectivity index (χ1n) is 8.40. The van der Waals surface area contributed by atoms with E-state index in [0.29, 0.717) is 11.1 Å². The first-order valence-corrected chi connectivity index (χ1v) is 10.2. The Morgan fingerprint density at radius 3 is 2.43 bits per heavy atom. The first kappa shape index (κ1) is 20.2. The van der Waals surface area contributed by atoms with Crippen LogP contribution < -0.4 is 4.31 Å². The van der Waals surface area contributed by atoms with Crippen molar-refractivity contribution in [3.63, 3.8) is 0 Å². The van der Waals surface area contributed by atoms with Crippen molar-refractivity contribution in [2.45, 2.75) is 19.6 Å². The number of ether oxygens (including phenoxy) is 1. The zero-order valence-electron chi connectivity index (χ0n) is 15.1. The molecule has 1 aliphatic heterocycles. The summed E-state index contributed by atoms with van der Waals surface area (Å²) >= 11 is 0. The number of halogens is 3. The number of hydrogen-bond donors (Lipinski definition) is 0. The Hall–Kier alpha value is -2.56. The quantitative estimate of drug-likeness (QED) is 0.714. The minimum atomic E-state index is -4.47. The van der Waals surface area contributed by atoms with Gasteiger partial charge in [-0.05, 0) is 24.6 Å². The van der Waals surface area contributed by atoms with Crippen LogP contribution in [0.2, 0.25) is 0 Å². The molecular formula is C17H18F3N3O4S. The van der Waals surface area contributed by atoms with E-state index in [2.05, 4.69) is 5.10 Å². The molecular weight excluding hydrogens is 399 g/mol. The lowest BCUT2D eigenvalue weighted by Gasteiger charge is -2.32. The van der Waals surface area contributed by atoms with Crippen LogP contribution in [0.3, 0.4) is 0 Å². The number of hydrogen-bond acceptors (Lipinski definition) is 5. The largest absolute Gasteiger partial charge is 0.466 e. The number of aromatic nitrogens is 2.